The number of piperazine rings is 1. The summed E-state index contributed by atoms with van der Waals surface area (Å²) in [6.07, 6.45) is 0. The first kappa shape index (κ1) is 20.7. The molecule has 1 aliphatic rings. The van der Waals surface area contributed by atoms with Crippen molar-refractivity contribution in [2.75, 3.05) is 31.1 Å². The minimum atomic E-state index is -0.416. The number of aromatic nitrogens is 2. The number of nitrogens with zero attached hydrogens (tertiary/aromatic N) is 5. The van der Waals surface area contributed by atoms with E-state index in [1.54, 1.807) is 34.7 Å². The summed E-state index contributed by atoms with van der Waals surface area (Å²) in [6.45, 7) is 2.29. The Kier molecular flexibility index (Phi) is 4.88. The molecule has 0 spiro atoms. The number of para-hydroxylation sites is 1. The second-order valence-electron chi connectivity index (χ2n) is 8.28. The van der Waals surface area contributed by atoms with Gasteiger partial charge < -0.3 is 18.9 Å². The number of aryl methyl sites for hydroxylation is 2. The predicted octanol–water partition coefficient (Wildman–Crippen LogP) is 2.90. The van der Waals surface area contributed by atoms with Crippen molar-refractivity contribution in [1.29, 1.82) is 0 Å². The smallest absolute Gasteiger partial charge is 0.270 e. The lowest BCUT2D eigenvalue weighted by molar-refractivity contribution is -0.384. The summed E-state index contributed by atoms with van der Waals surface area (Å²) in [5.41, 5.74) is 2.91. The van der Waals surface area contributed by atoms with Crippen molar-refractivity contribution < 1.29 is 9.72 Å². The van der Waals surface area contributed by atoms with Gasteiger partial charge in [0.15, 0.2) is 0 Å². The molecule has 0 unspecified atom stereocenters. The molecule has 1 amide bonds. The largest absolute Gasteiger partial charge is 0.368 e. The number of anilines is 1. The molecule has 0 N–H and O–H groups in total. The number of benzene rings is 2. The normalized spacial score (nSPS) is 14.2. The van der Waals surface area contributed by atoms with E-state index in [1.807, 2.05) is 35.9 Å². The van der Waals surface area contributed by atoms with Crippen LogP contribution in [0.25, 0.3) is 21.8 Å². The van der Waals surface area contributed by atoms with Crippen LogP contribution in [0.15, 0.2) is 59.4 Å². The number of hydrogen-bond donors (Lipinski definition) is 0. The third-order valence-electron chi connectivity index (χ3n) is 6.50. The number of rotatable bonds is 3. The highest BCUT2D eigenvalue weighted by Crippen LogP contribution is 2.26. The van der Waals surface area contributed by atoms with Crippen molar-refractivity contribution >= 4 is 39.1 Å². The molecule has 0 atom stereocenters. The van der Waals surface area contributed by atoms with E-state index in [1.165, 1.54) is 12.1 Å². The van der Waals surface area contributed by atoms with E-state index in [9.17, 15) is 19.7 Å². The molecular weight excluding hydrogens is 422 g/mol. The number of amides is 1. The molecule has 33 heavy (non-hydrogen) atoms. The Hall–Kier alpha value is -4.14. The fourth-order valence-electron chi connectivity index (χ4n) is 4.67. The molecule has 0 bridgehead atoms. The van der Waals surface area contributed by atoms with Gasteiger partial charge >= 0.3 is 0 Å². The zero-order chi connectivity index (χ0) is 23.3. The zero-order valence-electron chi connectivity index (χ0n) is 18.4. The van der Waals surface area contributed by atoms with Crippen molar-refractivity contribution in [3.8, 4) is 0 Å². The molecule has 4 aromatic rings. The van der Waals surface area contributed by atoms with Crippen LogP contribution in [0.2, 0.25) is 0 Å². The fourth-order valence-corrected chi connectivity index (χ4v) is 4.67. The van der Waals surface area contributed by atoms with Gasteiger partial charge in [-0.25, -0.2) is 0 Å². The van der Waals surface area contributed by atoms with Crippen molar-refractivity contribution in [2.24, 2.45) is 14.1 Å². The lowest BCUT2D eigenvalue weighted by Gasteiger charge is -2.36. The first-order valence-corrected chi connectivity index (χ1v) is 10.7. The van der Waals surface area contributed by atoms with E-state index < -0.39 is 4.92 Å². The second-order valence-corrected chi connectivity index (χ2v) is 8.28. The van der Waals surface area contributed by atoms with Crippen LogP contribution >= 0.6 is 0 Å². The summed E-state index contributed by atoms with van der Waals surface area (Å²) in [7, 11) is 3.57. The highest BCUT2D eigenvalue weighted by Gasteiger charge is 2.26. The highest BCUT2D eigenvalue weighted by molar-refractivity contribution is 6.08. The summed E-state index contributed by atoms with van der Waals surface area (Å²) in [5, 5.41) is 12.3. The third-order valence-corrected chi connectivity index (χ3v) is 6.50. The maximum atomic E-state index is 13.4. The molecule has 9 nitrogen and oxygen atoms in total. The number of fused-ring (bicyclic) bond motifs is 3. The molecule has 2 aromatic heterocycles. The molecule has 1 aliphatic heterocycles. The van der Waals surface area contributed by atoms with E-state index in [-0.39, 0.29) is 17.2 Å². The van der Waals surface area contributed by atoms with Gasteiger partial charge in [-0.2, -0.15) is 0 Å². The number of nitro groups is 1. The van der Waals surface area contributed by atoms with Crippen LogP contribution < -0.4 is 10.5 Å². The number of non-ortho nitro benzene ring substituents is 1. The Bertz CT molecular complexity index is 1460. The monoisotopic (exact) mass is 445 g/mol. The fraction of sp³-hybridized carbons (Fsp3) is 0.250. The van der Waals surface area contributed by atoms with Crippen molar-refractivity contribution in [2.45, 2.75) is 0 Å². The molecule has 3 heterocycles. The van der Waals surface area contributed by atoms with Gasteiger partial charge in [0.05, 0.1) is 21.3 Å². The van der Waals surface area contributed by atoms with Crippen molar-refractivity contribution in [3.05, 3.63) is 80.8 Å². The van der Waals surface area contributed by atoms with Crippen molar-refractivity contribution in [1.82, 2.24) is 14.0 Å². The van der Waals surface area contributed by atoms with Crippen LogP contribution in [0, 0.1) is 10.1 Å². The van der Waals surface area contributed by atoms with Gasteiger partial charge in [0, 0.05) is 63.5 Å². The van der Waals surface area contributed by atoms with Crippen molar-refractivity contribution in [3.63, 3.8) is 0 Å². The Morgan fingerprint density at radius 2 is 1.58 bits per heavy atom. The average Bonchev–Trinajstić information content (AvgIpc) is 3.19. The molecule has 1 fully saturated rings. The molecule has 9 heteroatoms. The zero-order valence-corrected chi connectivity index (χ0v) is 18.4. The summed E-state index contributed by atoms with van der Waals surface area (Å²) in [5.74, 6) is -0.108. The SMILES string of the molecule is Cn1c(C(=O)N2CCN(c3ccc([N+](=O)[O-])cc3)CC2)cc2c(=O)n(C)c3ccccc3c21. The molecule has 168 valence electrons. The minimum absolute atomic E-state index is 0.0574. The first-order valence-electron chi connectivity index (χ1n) is 10.7. The van der Waals surface area contributed by atoms with Gasteiger partial charge in [0.1, 0.15) is 5.69 Å². The van der Waals surface area contributed by atoms with E-state index in [0.29, 0.717) is 37.3 Å². The maximum Gasteiger partial charge on any atom is 0.270 e. The van der Waals surface area contributed by atoms with Gasteiger partial charge in [-0.1, -0.05) is 18.2 Å². The third kappa shape index (κ3) is 3.32. The van der Waals surface area contributed by atoms with E-state index >= 15 is 0 Å². The molecule has 1 saturated heterocycles. The van der Waals surface area contributed by atoms with Gasteiger partial charge in [-0.3, -0.25) is 19.7 Å². The Labute approximate surface area is 189 Å². The first-order chi connectivity index (χ1) is 15.9. The number of nitro benzene ring substituents is 1. The molecule has 2 aromatic carbocycles. The average molecular weight is 445 g/mol. The molecule has 5 rings (SSSR count). The van der Waals surface area contributed by atoms with E-state index in [2.05, 4.69) is 4.90 Å². The van der Waals surface area contributed by atoms with Crippen LogP contribution in [0.4, 0.5) is 11.4 Å². The predicted molar refractivity (Wildman–Crippen MR) is 127 cm³/mol. The van der Waals surface area contributed by atoms with Gasteiger partial charge in [0.25, 0.3) is 17.2 Å². The lowest BCUT2D eigenvalue weighted by atomic mass is 10.1. The summed E-state index contributed by atoms with van der Waals surface area (Å²) in [6, 6.07) is 15.9. The van der Waals surface area contributed by atoms with Crippen LogP contribution in [-0.4, -0.2) is 51.0 Å². The van der Waals surface area contributed by atoms with E-state index in [4.69, 9.17) is 0 Å². The second kappa shape index (κ2) is 7.77. The number of carbonyl (C=O) groups is 1. The van der Waals surface area contributed by atoms with Gasteiger partial charge in [0.2, 0.25) is 0 Å². The summed E-state index contributed by atoms with van der Waals surface area (Å²) < 4.78 is 3.44. The van der Waals surface area contributed by atoms with Gasteiger partial charge in [-0.05, 0) is 24.3 Å². The van der Waals surface area contributed by atoms with Crippen LogP contribution in [0.1, 0.15) is 10.5 Å². The molecule has 0 saturated carbocycles. The van der Waals surface area contributed by atoms with Crippen LogP contribution in [0.5, 0.6) is 0 Å². The molecule has 0 radical (unpaired) electrons. The number of pyridine rings is 1. The highest BCUT2D eigenvalue weighted by atomic mass is 16.6. The number of hydrogen-bond acceptors (Lipinski definition) is 5. The Morgan fingerprint density at radius 3 is 2.24 bits per heavy atom. The van der Waals surface area contributed by atoms with E-state index in [0.717, 1.165) is 22.1 Å². The topological polar surface area (TPSA) is 93.6 Å². The van der Waals surface area contributed by atoms with Crippen LogP contribution in [0.3, 0.4) is 0 Å². The Morgan fingerprint density at radius 1 is 0.909 bits per heavy atom. The summed E-state index contributed by atoms with van der Waals surface area (Å²) in [4.78, 5) is 40.7. The lowest BCUT2D eigenvalue weighted by Crippen LogP contribution is -2.49. The van der Waals surface area contributed by atoms with Crippen LogP contribution in [-0.2, 0) is 14.1 Å². The maximum absolute atomic E-state index is 13.4. The molecule has 0 aliphatic carbocycles. The number of carbonyl (C=O) groups excluding carboxylic acids is 1. The quantitative estimate of drug-likeness (QED) is 0.357. The standard InChI is InChI=1S/C24H23N5O4/c1-25-21(15-19-22(25)18-5-3-4-6-20(18)26(2)23(19)30)24(31)28-13-11-27(12-14-28)16-7-9-17(10-8-16)29(32)33/h3-10,15H,11-14H2,1-2H3. The minimum Gasteiger partial charge on any atom is -0.368 e. The van der Waals surface area contributed by atoms with Gasteiger partial charge in [-0.15, -0.1) is 0 Å². The summed E-state index contributed by atoms with van der Waals surface area (Å²) >= 11 is 0. The Balaban J connectivity index is 1.41. The molecular formula is C24H23N5O4.